The fraction of sp³-hybridized carbons (Fsp3) is 0.308. The number of nitrogens with zero attached hydrogens (tertiary/aromatic N) is 4. The first-order valence-electron chi connectivity index (χ1n) is 11.5. The number of hydrogen-bond donors (Lipinski definition) is 1. The molecule has 1 saturated carbocycles. The summed E-state index contributed by atoms with van der Waals surface area (Å²) in [5, 5.41) is 11.7. The van der Waals surface area contributed by atoms with Crippen LogP contribution in [0.15, 0.2) is 59.3 Å². The van der Waals surface area contributed by atoms with Crippen molar-refractivity contribution in [3.63, 3.8) is 0 Å². The molecule has 7 heteroatoms. The molecule has 0 atom stereocenters. The number of benzene rings is 2. The van der Waals surface area contributed by atoms with E-state index >= 15 is 0 Å². The lowest BCUT2D eigenvalue weighted by Gasteiger charge is -2.05. The second-order valence-electron chi connectivity index (χ2n) is 8.56. The fourth-order valence-corrected chi connectivity index (χ4v) is 4.29. The maximum Gasteiger partial charge on any atom is 0.259 e. The zero-order chi connectivity index (χ0) is 22.8. The van der Waals surface area contributed by atoms with Gasteiger partial charge < -0.3 is 9.84 Å². The van der Waals surface area contributed by atoms with Gasteiger partial charge >= 0.3 is 0 Å². The Labute approximate surface area is 192 Å². The van der Waals surface area contributed by atoms with Crippen molar-refractivity contribution in [1.82, 2.24) is 19.9 Å². The van der Waals surface area contributed by atoms with E-state index in [9.17, 15) is 4.79 Å². The fourth-order valence-electron chi connectivity index (χ4n) is 4.29. The lowest BCUT2D eigenvalue weighted by molar-refractivity contribution is 0.102. The Morgan fingerprint density at radius 1 is 1.09 bits per heavy atom. The van der Waals surface area contributed by atoms with Crippen LogP contribution in [0.5, 0.6) is 0 Å². The van der Waals surface area contributed by atoms with Gasteiger partial charge in [0.15, 0.2) is 0 Å². The Balaban J connectivity index is 1.30. The molecule has 4 aromatic rings. The molecule has 1 fully saturated rings. The van der Waals surface area contributed by atoms with Crippen molar-refractivity contribution in [3.05, 3.63) is 77.4 Å². The van der Waals surface area contributed by atoms with Crippen LogP contribution in [0.2, 0.25) is 0 Å². The molecule has 168 valence electrons. The summed E-state index contributed by atoms with van der Waals surface area (Å²) in [6.45, 7) is 3.94. The van der Waals surface area contributed by atoms with E-state index in [0.29, 0.717) is 23.0 Å². The van der Waals surface area contributed by atoms with Crippen LogP contribution in [0.3, 0.4) is 0 Å². The molecule has 0 aliphatic heterocycles. The van der Waals surface area contributed by atoms with Crippen molar-refractivity contribution in [2.24, 2.45) is 0 Å². The second kappa shape index (κ2) is 9.02. The molecule has 1 aliphatic carbocycles. The minimum Gasteiger partial charge on any atom is -0.339 e. The Bertz CT molecular complexity index is 1250. The molecule has 0 spiro atoms. The quantitative estimate of drug-likeness (QED) is 0.415. The minimum atomic E-state index is -0.175. The number of hydrogen-bond acceptors (Lipinski definition) is 5. The first-order valence-corrected chi connectivity index (χ1v) is 11.5. The van der Waals surface area contributed by atoms with Gasteiger partial charge in [0.1, 0.15) is 0 Å². The standard InChI is InChI=1S/C26H27N5O2/c1-3-18-8-12-21(13-9-18)27-25(32)23-16-31(29-17(23)2)22-14-10-19(11-15-22)24-28-26(33-30-24)20-6-4-5-7-20/h8-16,20H,3-7H2,1-2H3,(H,27,32). The molecule has 1 amide bonds. The van der Waals surface area contributed by atoms with Crippen LogP contribution < -0.4 is 5.32 Å². The number of anilines is 1. The maximum atomic E-state index is 12.8. The molecule has 0 bridgehead atoms. The number of aryl methyl sites for hydroxylation is 2. The van der Waals surface area contributed by atoms with E-state index in [4.69, 9.17) is 4.52 Å². The molecule has 5 rings (SSSR count). The molecule has 2 aromatic carbocycles. The average Bonchev–Trinajstić information content (AvgIpc) is 3.60. The molecular weight excluding hydrogens is 414 g/mol. The highest BCUT2D eigenvalue weighted by Gasteiger charge is 2.23. The van der Waals surface area contributed by atoms with Crippen LogP contribution in [-0.4, -0.2) is 25.8 Å². The zero-order valence-corrected chi connectivity index (χ0v) is 18.9. The molecule has 0 radical (unpaired) electrons. The first-order chi connectivity index (χ1) is 16.1. The van der Waals surface area contributed by atoms with E-state index in [-0.39, 0.29) is 5.91 Å². The summed E-state index contributed by atoms with van der Waals surface area (Å²) in [7, 11) is 0. The molecule has 33 heavy (non-hydrogen) atoms. The van der Waals surface area contributed by atoms with E-state index in [1.807, 2.05) is 55.5 Å². The van der Waals surface area contributed by atoms with E-state index in [1.54, 1.807) is 10.9 Å². The summed E-state index contributed by atoms with van der Waals surface area (Å²) in [5.74, 6) is 1.57. The summed E-state index contributed by atoms with van der Waals surface area (Å²) in [6, 6.07) is 15.7. The third kappa shape index (κ3) is 4.44. The number of amides is 1. The van der Waals surface area contributed by atoms with Crippen molar-refractivity contribution in [1.29, 1.82) is 0 Å². The van der Waals surface area contributed by atoms with Crippen LogP contribution in [0.1, 0.15) is 66.0 Å². The van der Waals surface area contributed by atoms with Crippen molar-refractivity contribution in [3.8, 4) is 17.1 Å². The van der Waals surface area contributed by atoms with Crippen molar-refractivity contribution in [2.75, 3.05) is 5.32 Å². The molecule has 7 nitrogen and oxygen atoms in total. The van der Waals surface area contributed by atoms with Gasteiger partial charge in [-0.3, -0.25) is 4.79 Å². The topological polar surface area (TPSA) is 85.8 Å². The smallest absolute Gasteiger partial charge is 0.259 e. The van der Waals surface area contributed by atoms with E-state index in [2.05, 4.69) is 27.5 Å². The van der Waals surface area contributed by atoms with Gasteiger partial charge in [-0.25, -0.2) is 4.68 Å². The lowest BCUT2D eigenvalue weighted by atomic mass is 10.1. The summed E-state index contributed by atoms with van der Waals surface area (Å²) < 4.78 is 7.22. The van der Waals surface area contributed by atoms with Gasteiger partial charge in [0.2, 0.25) is 11.7 Å². The van der Waals surface area contributed by atoms with Gasteiger partial charge in [-0.1, -0.05) is 37.1 Å². The highest BCUT2D eigenvalue weighted by Crippen LogP contribution is 2.34. The van der Waals surface area contributed by atoms with Gasteiger partial charge in [0.25, 0.3) is 5.91 Å². The number of nitrogens with one attached hydrogen (secondary N) is 1. The van der Waals surface area contributed by atoms with Crippen LogP contribution in [0.4, 0.5) is 5.69 Å². The Morgan fingerprint density at radius 2 is 1.82 bits per heavy atom. The summed E-state index contributed by atoms with van der Waals surface area (Å²) >= 11 is 0. The number of rotatable bonds is 6. The monoisotopic (exact) mass is 441 g/mol. The van der Waals surface area contributed by atoms with Gasteiger partial charge in [-0.15, -0.1) is 0 Å². The van der Waals surface area contributed by atoms with Crippen LogP contribution in [0, 0.1) is 6.92 Å². The van der Waals surface area contributed by atoms with Crippen LogP contribution >= 0.6 is 0 Å². The molecule has 0 unspecified atom stereocenters. The van der Waals surface area contributed by atoms with Crippen LogP contribution in [0.25, 0.3) is 17.1 Å². The Morgan fingerprint density at radius 3 is 2.52 bits per heavy atom. The predicted molar refractivity (Wildman–Crippen MR) is 127 cm³/mol. The highest BCUT2D eigenvalue weighted by atomic mass is 16.5. The SMILES string of the molecule is CCc1ccc(NC(=O)c2cn(-c3ccc(-c4noc(C5CCCC5)n4)cc3)nc2C)cc1. The molecule has 2 aromatic heterocycles. The van der Waals surface area contributed by atoms with Gasteiger partial charge in [-0.2, -0.15) is 10.1 Å². The first kappa shape index (κ1) is 21.1. The average molecular weight is 442 g/mol. The van der Waals surface area contributed by atoms with Gasteiger partial charge in [0.05, 0.1) is 16.9 Å². The third-order valence-electron chi connectivity index (χ3n) is 6.30. The van der Waals surface area contributed by atoms with E-state index in [1.165, 1.54) is 18.4 Å². The van der Waals surface area contributed by atoms with E-state index < -0.39 is 0 Å². The molecule has 1 aliphatic rings. The zero-order valence-electron chi connectivity index (χ0n) is 18.9. The number of aromatic nitrogens is 4. The summed E-state index contributed by atoms with van der Waals surface area (Å²) in [6.07, 6.45) is 7.43. The number of carbonyl (C=O) groups excluding carboxylic acids is 1. The second-order valence-corrected chi connectivity index (χ2v) is 8.56. The minimum absolute atomic E-state index is 0.175. The third-order valence-corrected chi connectivity index (χ3v) is 6.30. The van der Waals surface area contributed by atoms with Crippen molar-refractivity contribution < 1.29 is 9.32 Å². The summed E-state index contributed by atoms with van der Waals surface area (Å²) in [5.41, 5.74) is 4.96. The molecule has 1 N–H and O–H groups in total. The lowest BCUT2D eigenvalue weighted by Crippen LogP contribution is -2.12. The van der Waals surface area contributed by atoms with Crippen LogP contribution in [-0.2, 0) is 6.42 Å². The summed E-state index contributed by atoms with van der Waals surface area (Å²) in [4.78, 5) is 17.4. The molecular formula is C26H27N5O2. The van der Waals surface area contributed by atoms with Gasteiger partial charge in [0, 0.05) is 23.4 Å². The number of carbonyl (C=O) groups is 1. The predicted octanol–water partition coefficient (Wildman–Crippen LogP) is 5.70. The molecule has 2 heterocycles. The Kier molecular flexibility index (Phi) is 5.77. The maximum absolute atomic E-state index is 12.8. The van der Waals surface area contributed by atoms with E-state index in [0.717, 1.165) is 42.1 Å². The normalized spacial score (nSPS) is 14.0. The molecule has 0 saturated heterocycles. The highest BCUT2D eigenvalue weighted by molar-refractivity contribution is 6.04. The van der Waals surface area contributed by atoms with Gasteiger partial charge in [-0.05, 0) is 68.1 Å². The largest absolute Gasteiger partial charge is 0.339 e. The van der Waals surface area contributed by atoms with Crippen molar-refractivity contribution >= 4 is 11.6 Å². The van der Waals surface area contributed by atoms with Crippen molar-refractivity contribution in [2.45, 2.75) is 51.9 Å². The Hall–Kier alpha value is -3.74.